The van der Waals surface area contributed by atoms with E-state index in [0.717, 1.165) is 56.1 Å². The molecule has 8 heteroatoms. The van der Waals surface area contributed by atoms with Crippen LogP contribution in [0.5, 0.6) is 11.5 Å². The zero-order valence-electron chi connectivity index (χ0n) is 16.1. The van der Waals surface area contributed by atoms with Gasteiger partial charge in [0.25, 0.3) is 10.0 Å². The highest BCUT2D eigenvalue weighted by Crippen LogP contribution is 2.36. The second-order valence-corrected chi connectivity index (χ2v) is 9.04. The van der Waals surface area contributed by atoms with E-state index in [0.29, 0.717) is 17.2 Å². The van der Waals surface area contributed by atoms with Crippen LogP contribution < -0.4 is 19.5 Å². The van der Waals surface area contributed by atoms with Gasteiger partial charge in [0.2, 0.25) is 6.79 Å². The molecule has 1 aliphatic heterocycles. The summed E-state index contributed by atoms with van der Waals surface area (Å²) in [5.41, 5.74) is 3.81. The van der Waals surface area contributed by atoms with Crippen molar-refractivity contribution in [3.63, 3.8) is 0 Å². The smallest absolute Gasteiger partial charge is 0.333 e. The lowest BCUT2D eigenvalue weighted by atomic mass is 10.0. The summed E-state index contributed by atoms with van der Waals surface area (Å²) in [6, 6.07) is 3.44. The van der Waals surface area contributed by atoms with Gasteiger partial charge in [-0.15, -0.1) is 0 Å². The van der Waals surface area contributed by atoms with Gasteiger partial charge in [0, 0.05) is 11.8 Å². The van der Waals surface area contributed by atoms with Crippen molar-refractivity contribution in [3.8, 4) is 11.5 Å². The molecule has 0 atom stereocenters. The lowest BCUT2D eigenvalue weighted by Gasteiger charge is -2.17. The predicted molar refractivity (Wildman–Crippen MR) is 108 cm³/mol. The van der Waals surface area contributed by atoms with E-state index in [1.54, 1.807) is 0 Å². The van der Waals surface area contributed by atoms with E-state index in [1.807, 2.05) is 0 Å². The fourth-order valence-corrected chi connectivity index (χ4v) is 4.83. The number of fused-ring (bicyclic) bond motifs is 2. The minimum atomic E-state index is -4.06. The Bertz CT molecular complexity index is 1020. The van der Waals surface area contributed by atoms with Gasteiger partial charge in [-0.3, -0.25) is 0 Å². The minimum Gasteiger partial charge on any atom is -0.454 e. The van der Waals surface area contributed by atoms with Gasteiger partial charge >= 0.3 is 6.03 Å². The summed E-state index contributed by atoms with van der Waals surface area (Å²) in [5, 5.41) is 2.77. The molecule has 0 aromatic heterocycles. The fraction of sp³-hybridized carbons (Fsp3) is 0.381. The zero-order valence-corrected chi connectivity index (χ0v) is 16.9. The maximum atomic E-state index is 12.7. The van der Waals surface area contributed by atoms with Crippen molar-refractivity contribution < 1.29 is 22.7 Å². The molecule has 0 bridgehead atoms. The molecule has 2 aliphatic carbocycles. The second kappa shape index (κ2) is 7.94. The molecule has 2 amide bonds. The number of allylic oxidation sites excluding steroid dienone is 4. The van der Waals surface area contributed by atoms with Gasteiger partial charge in [-0.2, -0.15) is 0 Å². The summed E-state index contributed by atoms with van der Waals surface area (Å²) < 4.78 is 37.8. The van der Waals surface area contributed by atoms with Crippen LogP contribution in [0, 0.1) is 0 Å². The lowest BCUT2D eigenvalue weighted by molar-refractivity contribution is 0.174. The molecule has 154 valence electrons. The van der Waals surface area contributed by atoms with E-state index in [2.05, 4.69) is 22.7 Å². The van der Waals surface area contributed by atoms with Crippen LogP contribution in [0.25, 0.3) is 0 Å². The number of sulfonamides is 1. The molecular weight excluding hydrogens is 392 g/mol. The zero-order chi connectivity index (χ0) is 20.4. The van der Waals surface area contributed by atoms with Crippen molar-refractivity contribution in [2.75, 3.05) is 6.79 Å². The molecule has 0 radical (unpaired) electrons. The SMILES string of the molecule is C=C1CCCC/C=C2/CCC/C2=C/1NC(=O)NS(=O)(=O)c1ccc2c(c1)OCO2. The van der Waals surface area contributed by atoms with Crippen LogP contribution in [0.15, 0.2) is 58.2 Å². The molecule has 1 aromatic carbocycles. The highest BCUT2D eigenvalue weighted by atomic mass is 32.2. The highest BCUT2D eigenvalue weighted by Gasteiger charge is 2.25. The van der Waals surface area contributed by atoms with Crippen LogP contribution in [-0.2, 0) is 10.0 Å². The Morgan fingerprint density at radius 2 is 1.86 bits per heavy atom. The van der Waals surface area contributed by atoms with Crippen molar-refractivity contribution in [3.05, 3.63) is 53.3 Å². The average molecular weight is 416 g/mol. The highest BCUT2D eigenvalue weighted by molar-refractivity contribution is 7.90. The van der Waals surface area contributed by atoms with Gasteiger partial charge in [0.1, 0.15) is 0 Å². The van der Waals surface area contributed by atoms with Crippen LogP contribution in [0.1, 0.15) is 44.9 Å². The van der Waals surface area contributed by atoms with E-state index < -0.39 is 16.1 Å². The number of hydrogen-bond acceptors (Lipinski definition) is 5. The Morgan fingerprint density at radius 1 is 1.03 bits per heavy atom. The summed E-state index contributed by atoms with van der Waals surface area (Å²) in [7, 11) is -4.06. The number of urea groups is 1. The third kappa shape index (κ3) is 4.17. The first-order valence-electron chi connectivity index (χ1n) is 9.78. The number of carbonyl (C=O) groups is 1. The first-order chi connectivity index (χ1) is 13.9. The Labute approximate surface area is 170 Å². The van der Waals surface area contributed by atoms with E-state index in [9.17, 15) is 13.2 Å². The molecule has 29 heavy (non-hydrogen) atoms. The number of hydrogen-bond donors (Lipinski definition) is 2. The largest absolute Gasteiger partial charge is 0.454 e. The van der Waals surface area contributed by atoms with Crippen molar-refractivity contribution in [2.24, 2.45) is 0 Å². The number of ether oxygens (including phenoxy) is 2. The number of carbonyl (C=O) groups excluding carboxylic acids is 1. The molecule has 2 N–H and O–H groups in total. The van der Waals surface area contributed by atoms with Crippen LogP contribution in [-0.4, -0.2) is 21.2 Å². The maximum Gasteiger partial charge on any atom is 0.333 e. The summed E-state index contributed by atoms with van der Waals surface area (Å²) in [5.74, 6) is 0.811. The van der Waals surface area contributed by atoms with Gasteiger partial charge in [-0.1, -0.05) is 12.7 Å². The summed E-state index contributed by atoms with van der Waals surface area (Å²) in [6.45, 7) is 4.18. The van der Waals surface area contributed by atoms with Crippen molar-refractivity contribution >= 4 is 16.1 Å². The van der Waals surface area contributed by atoms with Crippen LogP contribution >= 0.6 is 0 Å². The van der Waals surface area contributed by atoms with Crippen LogP contribution in [0.2, 0.25) is 0 Å². The first-order valence-corrected chi connectivity index (χ1v) is 11.3. The number of amides is 2. The van der Waals surface area contributed by atoms with Gasteiger partial charge in [-0.25, -0.2) is 17.9 Å². The van der Waals surface area contributed by atoms with Gasteiger partial charge < -0.3 is 14.8 Å². The van der Waals surface area contributed by atoms with E-state index in [4.69, 9.17) is 9.47 Å². The third-order valence-electron chi connectivity index (χ3n) is 5.36. The predicted octanol–water partition coefficient (Wildman–Crippen LogP) is 3.90. The molecular formula is C21H24N2O5S. The topological polar surface area (TPSA) is 93.7 Å². The third-order valence-corrected chi connectivity index (χ3v) is 6.69. The van der Waals surface area contributed by atoms with Crippen molar-refractivity contribution in [1.82, 2.24) is 10.0 Å². The summed E-state index contributed by atoms with van der Waals surface area (Å²) in [4.78, 5) is 12.5. The molecule has 0 spiro atoms. The second-order valence-electron chi connectivity index (χ2n) is 7.36. The maximum absolute atomic E-state index is 12.7. The van der Waals surface area contributed by atoms with Gasteiger partial charge in [0.05, 0.1) is 4.90 Å². The molecule has 1 aromatic rings. The first kappa shape index (κ1) is 19.6. The number of benzene rings is 1. The average Bonchev–Trinajstić information content (AvgIpc) is 3.33. The minimum absolute atomic E-state index is 0.0433. The molecule has 3 aliphatic rings. The van der Waals surface area contributed by atoms with Crippen LogP contribution in [0.4, 0.5) is 4.79 Å². The molecule has 4 rings (SSSR count). The Kier molecular flexibility index (Phi) is 5.36. The molecule has 1 heterocycles. The molecule has 0 saturated heterocycles. The summed E-state index contributed by atoms with van der Waals surface area (Å²) in [6.07, 6.45) is 8.95. The van der Waals surface area contributed by atoms with Crippen molar-refractivity contribution in [1.29, 1.82) is 0 Å². The van der Waals surface area contributed by atoms with Crippen molar-refractivity contribution in [2.45, 2.75) is 49.8 Å². The van der Waals surface area contributed by atoms with Crippen LogP contribution in [0.3, 0.4) is 0 Å². The Hall–Kier alpha value is -2.74. The lowest BCUT2D eigenvalue weighted by Crippen LogP contribution is -2.39. The normalized spacial score (nSPS) is 23.3. The number of rotatable bonds is 3. The molecule has 0 unspecified atom stereocenters. The molecule has 1 saturated carbocycles. The molecule has 1 fully saturated rings. The Morgan fingerprint density at radius 3 is 2.72 bits per heavy atom. The standard InChI is InChI=1S/C21H24N2O5S/c1-14-6-3-2-4-7-15-8-5-9-17(15)20(14)22-21(24)23-29(25,26)16-10-11-18-19(12-16)28-13-27-18/h7,10-12H,1-6,8-9,13H2,(H2,22,23,24)/b15-7-,20-17+. The van der Waals surface area contributed by atoms with Gasteiger partial charge in [0.15, 0.2) is 11.5 Å². The van der Waals surface area contributed by atoms with E-state index in [1.165, 1.54) is 23.8 Å². The van der Waals surface area contributed by atoms with E-state index in [-0.39, 0.29) is 11.7 Å². The molecule has 7 nitrogen and oxygen atoms in total. The van der Waals surface area contributed by atoms with Gasteiger partial charge in [-0.05, 0) is 73.8 Å². The Balaban J connectivity index is 1.55. The van der Waals surface area contributed by atoms with E-state index >= 15 is 0 Å². The fourth-order valence-electron chi connectivity index (χ4n) is 3.90. The number of nitrogens with one attached hydrogen (secondary N) is 2. The summed E-state index contributed by atoms with van der Waals surface area (Å²) >= 11 is 0. The quantitative estimate of drug-likeness (QED) is 0.779. The monoisotopic (exact) mass is 416 g/mol.